The number of nitrogens with zero attached hydrogens (tertiary/aromatic N) is 2. The van der Waals surface area contributed by atoms with E-state index in [4.69, 9.17) is 4.74 Å². The van der Waals surface area contributed by atoms with Gasteiger partial charge in [0.25, 0.3) is 0 Å². The molecule has 0 rings (SSSR count). The molecule has 1 amide bonds. The van der Waals surface area contributed by atoms with Crippen molar-refractivity contribution in [2.24, 2.45) is 4.99 Å². The van der Waals surface area contributed by atoms with Gasteiger partial charge < -0.3 is 25.6 Å². The lowest BCUT2D eigenvalue weighted by Crippen LogP contribution is -2.43. The van der Waals surface area contributed by atoms with Crippen LogP contribution in [0.1, 0.15) is 60.8 Å². The molecule has 0 aliphatic carbocycles. The first-order valence-electron chi connectivity index (χ1n) is 9.88. The lowest BCUT2D eigenvalue weighted by molar-refractivity contribution is 0.0527. The van der Waals surface area contributed by atoms with Gasteiger partial charge in [-0.25, -0.2) is 4.79 Å². The van der Waals surface area contributed by atoms with E-state index in [0.717, 1.165) is 45.0 Å². The zero-order valence-electron chi connectivity index (χ0n) is 17.9. The van der Waals surface area contributed by atoms with Crippen molar-refractivity contribution in [1.82, 2.24) is 20.9 Å². The Labute approximate surface area is 160 Å². The van der Waals surface area contributed by atoms with Crippen LogP contribution in [0, 0.1) is 0 Å². The molecule has 1 unspecified atom stereocenters. The highest BCUT2D eigenvalue weighted by atomic mass is 16.6. The molecular formula is C19H41N5O2. The van der Waals surface area contributed by atoms with Gasteiger partial charge in [-0.1, -0.05) is 13.8 Å². The van der Waals surface area contributed by atoms with E-state index in [2.05, 4.69) is 46.6 Å². The second-order valence-electron chi connectivity index (χ2n) is 7.50. The lowest BCUT2D eigenvalue weighted by atomic mass is 10.2. The van der Waals surface area contributed by atoms with Crippen LogP contribution in [0.15, 0.2) is 4.99 Å². The van der Waals surface area contributed by atoms with Crippen molar-refractivity contribution in [1.29, 1.82) is 0 Å². The first kappa shape index (κ1) is 24.5. The molecule has 26 heavy (non-hydrogen) atoms. The van der Waals surface area contributed by atoms with Gasteiger partial charge in [0.15, 0.2) is 5.96 Å². The molecule has 0 heterocycles. The summed E-state index contributed by atoms with van der Waals surface area (Å²) in [7, 11) is 1.77. The van der Waals surface area contributed by atoms with Gasteiger partial charge in [-0.15, -0.1) is 0 Å². The van der Waals surface area contributed by atoms with Gasteiger partial charge in [0.2, 0.25) is 0 Å². The monoisotopic (exact) mass is 371 g/mol. The van der Waals surface area contributed by atoms with E-state index in [-0.39, 0.29) is 6.09 Å². The summed E-state index contributed by atoms with van der Waals surface area (Å²) in [5.74, 6) is 0.803. The van der Waals surface area contributed by atoms with Crippen LogP contribution in [0.4, 0.5) is 4.79 Å². The van der Waals surface area contributed by atoms with E-state index in [1.807, 2.05) is 20.8 Å². The molecule has 3 N–H and O–H groups in total. The van der Waals surface area contributed by atoms with Crippen LogP contribution in [0.5, 0.6) is 0 Å². The molecule has 154 valence electrons. The molecule has 1 atom stereocenters. The molecule has 0 saturated carbocycles. The fourth-order valence-electron chi connectivity index (χ4n) is 2.46. The highest BCUT2D eigenvalue weighted by molar-refractivity contribution is 5.79. The van der Waals surface area contributed by atoms with E-state index in [9.17, 15) is 4.79 Å². The predicted molar refractivity (Wildman–Crippen MR) is 110 cm³/mol. The van der Waals surface area contributed by atoms with E-state index in [1.54, 1.807) is 7.05 Å². The Kier molecular flexibility index (Phi) is 12.9. The SMILES string of the molecule is CCN(CC)CCCC(C)NC(=NC)NCCCNC(=O)OC(C)(C)C. The standard InChI is InChI=1S/C19H41N5O2/c1-8-24(9-2)15-10-12-16(3)23-17(20-7)21-13-11-14-22-18(25)26-19(4,5)6/h16H,8-15H2,1-7H3,(H,22,25)(H2,20,21,23). The van der Waals surface area contributed by atoms with Gasteiger partial charge in [-0.3, -0.25) is 4.99 Å². The summed E-state index contributed by atoms with van der Waals surface area (Å²) in [6, 6.07) is 0.372. The Morgan fingerprint density at radius 1 is 1.12 bits per heavy atom. The Bertz CT molecular complexity index is 403. The second kappa shape index (κ2) is 13.7. The number of hydrogen-bond acceptors (Lipinski definition) is 4. The van der Waals surface area contributed by atoms with Crippen LogP contribution in [-0.2, 0) is 4.74 Å². The average molecular weight is 372 g/mol. The van der Waals surface area contributed by atoms with Crippen LogP contribution in [0.2, 0.25) is 0 Å². The molecule has 7 heteroatoms. The first-order valence-corrected chi connectivity index (χ1v) is 9.88. The number of hydrogen-bond donors (Lipinski definition) is 3. The third-order valence-corrected chi connectivity index (χ3v) is 3.93. The smallest absolute Gasteiger partial charge is 0.407 e. The van der Waals surface area contributed by atoms with Crippen molar-refractivity contribution in [2.45, 2.75) is 72.4 Å². The minimum atomic E-state index is -0.463. The van der Waals surface area contributed by atoms with Crippen molar-refractivity contribution in [3.05, 3.63) is 0 Å². The summed E-state index contributed by atoms with van der Waals surface area (Å²) in [4.78, 5) is 18.3. The number of alkyl carbamates (subject to hydrolysis) is 1. The Hall–Kier alpha value is -1.50. The molecule has 0 aliphatic heterocycles. The van der Waals surface area contributed by atoms with Gasteiger partial charge in [0.05, 0.1) is 0 Å². The quantitative estimate of drug-likeness (QED) is 0.296. The maximum Gasteiger partial charge on any atom is 0.407 e. The number of aliphatic imine (C=N–C) groups is 1. The number of amides is 1. The van der Waals surface area contributed by atoms with Crippen LogP contribution in [-0.4, -0.2) is 68.4 Å². The summed E-state index contributed by atoms with van der Waals surface area (Å²) >= 11 is 0. The number of ether oxygens (including phenoxy) is 1. The normalized spacial score (nSPS) is 13.5. The van der Waals surface area contributed by atoms with Crippen LogP contribution in [0.3, 0.4) is 0 Å². The van der Waals surface area contributed by atoms with Gasteiger partial charge >= 0.3 is 6.09 Å². The summed E-state index contributed by atoms with van der Waals surface area (Å²) in [5.41, 5.74) is -0.463. The van der Waals surface area contributed by atoms with Crippen LogP contribution >= 0.6 is 0 Å². The molecule has 0 saturated heterocycles. The summed E-state index contributed by atoms with van der Waals surface area (Å²) in [6.45, 7) is 16.8. The number of carbonyl (C=O) groups excluding carboxylic acids is 1. The molecule has 0 spiro atoms. The molecule has 0 radical (unpaired) electrons. The predicted octanol–water partition coefficient (Wildman–Crippen LogP) is 2.58. The third-order valence-electron chi connectivity index (χ3n) is 3.93. The molecule has 0 aromatic rings. The number of carbonyl (C=O) groups is 1. The maximum absolute atomic E-state index is 11.6. The summed E-state index contributed by atoms with van der Waals surface area (Å²) in [6.07, 6.45) is 2.71. The van der Waals surface area contributed by atoms with E-state index >= 15 is 0 Å². The summed E-state index contributed by atoms with van der Waals surface area (Å²) in [5, 5.41) is 9.45. The van der Waals surface area contributed by atoms with Gasteiger partial charge in [-0.2, -0.15) is 0 Å². The highest BCUT2D eigenvalue weighted by Crippen LogP contribution is 2.06. The van der Waals surface area contributed by atoms with E-state index in [0.29, 0.717) is 12.6 Å². The lowest BCUT2D eigenvalue weighted by Gasteiger charge is -2.21. The molecule has 0 aromatic carbocycles. The van der Waals surface area contributed by atoms with Crippen molar-refractivity contribution >= 4 is 12.1 Å². The Morgan fingerprint density at radius 3 is 2.27 bits per heavy atom. The number of nitrogens with one attached hydrogen (secondary N) is 3. The van der Waals surface area contributed by atoms with Gasteiger partial charge in [0, 0.05) is 26.2 Å². The maximum atomic E-state index is 11.6. The summed E-state index contributed by atoms with van der Waals surface area (Å²) < 4.78 is 5.20. The molecule has 0 aliphatic rings. The van der Waals surface area contributed by atoms with Crippen LogP contribution in [0.25, 0.3) is 0 Å². The third kappa shape index (κ3) is 13.8. The fourth-order valence-corrected chi connectivity index (χ4v) is 2.46. The van der Waals surface area contributed by atoms with E-state index in [1.165, 1.54) is 6.42 Å². The minimum Gasteiger partial charge on any atom is -0.444 e. The molecule has 7 nitrogen and oxygen atoms in total. The van der Waals surface area contributed by atoms with Gasteiger partial charge in [-0.05, 0) is 66.6 Å². The van der Waals surface area contributed by atoms with Crippen molar-refractivity contribution < 1.29 is 9.53 Å². The van der Waals surface area contributed by atoms with Crippen molar-refractivity contribution in [3.63, 3.8) is 0 Å². The zero-order chi connectivity index (χ0) is 20.0. The minimum absolute atomic E-state index is 0.372. The zero-order valence-corrected chi connectivity index (χ0v) is 17.9. The number of rotatable bonds is 11. The highest BCUT2D eigenvalue weighted by Gasteiger charge is 2.15. The Balaban J connectivity index is 3.87. The fraction of sp³-hybridized carbons (Fsp3) is 0.895. The molecular weight excluding hydrogens is 330 g/mol. The molecule has 0 bridgehead atoms. The topological polar surface area (TPSA) is 78.0 Å². The van der Waals surface area contributed by atoms with Crippen LogP contribution < -0.4 is 16.0 Å². The number of guanidine groups is 1. The molecule has 0 aromatic heterocycles. The first-order chi connectivity index (χ1) is 12.2. The molecule has 0 fully saturated rings. The van der Waals surface area contributed by atoms with E-state index < -0.39 is 5.60 Å². The van der Waals surface area contributed by atoms with Gasteiger partial charge in [0.1, 0.15) is 5.60 Å². The largest absolute Gasteiger partial charge is 0.444 e. The second-order valence-corrected chi connectivity index (χ2v) is 7.50. The Morgan fingerprint density at radius 2 is 1.73 bits per heavy atom. The van der Waals surface area contributed by atoms with Crippen molar-refractivity contribution in [2.75, 3.05) is 39.8 Å². The average Bonchev–Trinajstić information content (AvgIpc) is 2.55. The van der Waals surface area contributed by atoms with Crippen molar-refractivity contribution in [3.8, 4) is 0 Å².